The maximum absolute atomic E-state index is 12.0. The van der Waals surface area contributed by atoms with E-state index in [4.69, 9.17) is 9.47 Å². The highest BCUT2D eigenvalue weighted by molar-refractivity contribution is 5.78. The second kappa shape index (κ2) is 8.24. The summed E-state index contributed by atoms with van der Waals surface area (Å²) in [6.45, 7) is 8.03. The van der Waals surface area contributed by atoms with Crippen molar-refractivity contribution in [1.82, 2.24) is 15.1 Å². The average molecular weight is 311 g/mol. The minimum absolute atomic E-state index is 0.128. The molecule has 3 rings (SSSR count). The molecular formula is C16H29N3O3. The predicted octanol–water partition coefficient (Wildman–Crippen LogP) is 0.0782. The Kier molecular flexibility index (Phi) is 6.06. The largest absolute Gasteiger partial charge is 0.377 e. The van der Waals surface area contributed by atoms with Crippen molar-refractivity contribution in [3.05, 3.63) is 0 Å². The molecule has 1 amide bonds. The number of hydrogen-bond donors (Lipinski definition) is 1. The summed E-state index contributed by atoms with van der Waals surface area (Å²) in [7, 11) is 0. The number of rotatable bonds is 6. The van der Waals surface area contributed by atoms with Crippen LogP contribution < -0.4 is 5.32 Å². The molecule has 6 nitrogen and oxygen atoms in total. The normalized spacial score (nSPS) is 30.7. The van der Waals surface area contributed by atoms with Crippen molar-refractivity contribution in [3.8, 4) is 0 Å². The van der Waals surface area contributed by atoms with Gasteiger partial charge >= 0.3 is 0 Å². The third-order valence-electron chi connectivity index (χ3n) is 4.87. The van der Waals surface area contributed by atoms with Gasteiger partial charge in [0.25, 0.3) is 0 Å². The Labute approximate surface area is 133 Å². The van der Waals surface area contributed by atoms with Gasteiger partial charge in [0.2, 0.25) is 5.91 Å². The summed E-state index contributed by atoms with van der Waals surface area (Å²) in [5.74, 6) is 0.128. The maximum Gasteiger partial charge on any atom is 0.234 e. The Balaban J connectivity index is 1.28. The van der Waals surface area contributed by atoms with Crippen LogP contribution in [0.3, 0.4) is 0 Å². The van der Waals surface area contributed by atoms with Crippen LogP contribution in [0.1, 0.15) is 25.7 Å². The van der Waals surface area contributed by atoms with Gasteiger partial charge in [-0.15, -0.1) is 0 Å². The second-order valence-corrected chi connectivity index (χ2v) is 6.65. The number of hydrogen-bond acceptors (Lipinski definition) is 5. The van der Waals surface area contributed by atoms with Gasteiger partial charge in [0.15, 0.2) is 0 Å². The number of nitrogens with one attached hydrogen (secondary N) is 1. The first kappa shape index (κ1) is 16.2. The van der Waals surface area contributed by atoms with Gasteiger partial charge in [-0.1, -0.05) is 0 Å². The number of ether oxygens (including phenoxy) is 2. The maximum atomic E-state index is 12.0. The van der Waals surface area contributed by atoms with Crippen LogP contribution in [0.15, 0.2) is 0 Å². The number of piperazine rings is 1. The molecule has 3 fully saturated rings. The SMILES string of the molecule is O=C(CN1CCN(CC2CCCO2)CC1)NCC1CCCO1. The monoisotopic (exact) mass is 311 g/mol. The van der Waals surface area contributed by atoms with Crippen LogP contribution in [0, 0.1) is 0 Å². The van der Waals surface area contributed by atoms with Crippen LogP contribution in [0.25, 0.3) is 0 Å². The van der Waals surface area contributed by atoms with Crippen molar-refractivity contribution in [2.75, 3.05) is 59.0 Å². The first-order chi connectivity index (χ1) is 10.8. The number of carbonyl (C=O) groups excluding carboxylic acids is 1. The molecule has 0 aromatic carbocycles. The van der Waals surface area contributed by atoms with E-state index >= 15 is 0 Å². The van der Waals surface area contributed by atoms with Gasteiger partial charge in [-0.05, 0) is 25.7 Å². The lowest BCUT2D eigenvalue weighted by Crippen LogP contribution is -2.51. The predicted molar refractivity (Wildman–Crippen MR) is 83.8 cm³/mol. The van der Waals surface area contributed by atoms with E-state index < -0.39 is 0 Å². The van der Waals surface area contributed by atoms with Gasteiger partial charge in [0, 0.05) is 52.5 Å². The smallest absolute Gasteiger partial charge is 0.234 e. The molecule has 0 aliphatic carbocycles. The lowest BCUT2D eigenvalue weighted by molar-refractivity contribution is -0.123. The third kappa shape index (κ3) is 4.91. The summed E-state index contributed by atoms with van der Waals surface area (Å²) < 4.78 is 11.2. The van der Waals surface area contributed by atoms with Crippen LogP contribution in [0.5, 0.6) is 0 Å². The van der Waals surface area contributed by atoms with Crippen LogP contribution in [0.4, 0.5) is 0 Å². The molecule has 3 aliphatic heterocycles. The van der Waals surface area contributed by atoms with Gasteiger partial charge < -0.3 is 14.8 Å². The minimum atomic E-state index is 0.128. The van der Waals surface area contributed by atoms with Gasteiger partial charge in [-0.3, -0.25) is 14.6 Å². The summed E-state index contributed by atoms with van der Waals surface area (Å²) in [6, 6.07) is 0. The van der Waals surface area contributed by atoms with Gasteiger partial charge in [0.05, 0.1) is 18.8 Å². The van der Waals surface area contributed by atoms with Crippen LogP contribution in [-0.4, -0.2) is 86.9 Å². The molecule has 2 unspecified atom stereocenters. The Morgan fingerprint density at radius 2 is 1.59 bits per heavy atom. The topological polar surface area (TPSA) is 54.0 Å². The highest BCUT2D eigenvalue weighted by Gasteiger charge is 2.24. The molecule has 3 heterocycles. The fourth-order valence-corrected chi connectivity index (χ4v) is 3.50. The summed E-state index contributed by atoms with van der Waals surface area (Å²) in [6.07, 6.45) is 5.25. The van der Waals surface area contributed by atoms with E-state index in [1.807, 2.05) is 0 Å². The first-order valence-electron chi connectivity index (χ1n) is 8.74. The molecule has 0 aromatic heterocycles. The Hall–Kier alpha value is -0.690. The zero-order chi connectivity index (χ0) is 15.2. The zero-order valence-corrected chi connectivity index (χ0v) is 13.5. The molecule has 0 spiro atoms. The molecule has 0 aromatic rings. The van der Waals surface area contributed by atoms with Crippen molar-refractivity contribution < 1.29 is 14.3 Å². The molecule has 0 bridgehead atoms. The summed E-state index contributed by atoms with van der Waals surface area (Å²) >= 11 is 0. The van der Waals surface area contributed by atoms with E-state index in [0.29, 0.717) is 19.2 Å². The van der Waals surface area contributed by atoms with Crippen LogP contribution in [-0.2, 0) is 14.3 Å². The van der Waals surface area contributed by atoms with E-state index in [-0.39, 0.29) is 12.0 Å². The quantitative estimate of drug-likeness (QED) is 0.753. The van der Waals surface area contributed by atoms with E-state index in [0.717, 1.165) is 58.8 Å². The Morgan fingerprint density at radius 1 is 0.955 bits per heavy atom. The van der Waals surface area contributed by atoms with Crippen LogP contribution in [0.2, 0.25) is 0 Å². The summed E-state index contributed by atoms with van der Waals surface area (Å²) in [5.41, 5.74) is 0. The number of amides is 1. The first-order valence-corrected chi connectivity index (χ1v) is 8.74. The van der Waals surface area contributed by atoms with Gasteiger partial charge in [0.1, 0.15) is 0 Å². The standard InChI is InChI=1S/C16H29N3O3/c20-16(17-11-14-3-1-9-21-14)13-19-7-5-18(6-8-19)12-15-4-2-10-22-15/h14-15H,1-13H2,(H,17,20). The fourth-order valence-electron chi connectivity index (χ4n) is 3.50. The summed E-state index contributed by atoms with van der Waals surface area (Å²) in [5, 5.41) is 3.00. The number of nitrogens with zero attached hydrogens (tertiary/aromatic N) is 2. The van der Waals surface area contributed by atoms with Crippen molar-refractivity contribution in [1.29, 1.82) is 0 Å². The Morgan fingerprint density at radius 3 is 2.23 bits per heavy atom. The molecule has 3 saturated heterocycles. The molecule has 22 heavy (non-hydrogen) atoms. The third-order valence-corrected chi connectivity index (χ3v) is 4.87. The molecule has 6 heteroatoms. The van der Waals surface area contributed by atoms with Crippen LogP contribution >= 0.6 is 0 Å². The van der Waals surface area contributed by atoms with Crippen molar-refractivity contribution in [2.24, 2.45) is 0 Å². The fraction of sp³-hybridized carbons (Fsp3) is 0.938. The lowest BCUT2D eigenvalue weighted by Gasteiger charge is -2.35. The molecule has 1 N–H and O–H groups in total. The zero-order valence-electron chi connectivity index (χ0n) is 13.5. The van der Waals surface area contributed by atoms with Crippen molar-refractivity contribution in [2.45, 2.75) is 37.9 Å². The molecular weight excluding hydrogens is 282 g/mol. The van der Waals surface area contributed by atoms with E-state index in [1.54, 1.807) is 0 Å². The minimum Gasteiger partial charge on any atom is -0.377 e. The van der Waals surface area contributed by atoms with E-state index in [2.05, 4.69) is 15.1 Å². The molecule has 126 valence electrons. The second-order valence-electron chi connectivity index (χ2n) is 6.65. The average Bonchev–Trinajstić information content (AvgIpc) is 3.20. The Bertz CT molecular complexity index is 347. The highest BCUT2D eigenvalue weighted by atomic mass is 16.5. The molecule has 0 radical (unpaired) electrons. The van der Waals surface area contributed by atoms with Crippen molar-refractivity contribution in [3.63, 3.8) is 0 Å². The van der Waals surface area contributed by atoms with Gasteiger partial charge in [-0.25, -0.2) is 0 Å². The van der Waals surface area contributed by atoms with Gasteiger partial charge in [-0.2, -0.15) is 0 Å². The van der Waals surface area contributed by atoms with E-state index in [9.17, 15) is 4.79 Å². The van der Waals surface area contributed by atoms with E-state index in [1.165, 1.54) is 12.8 Å². The van der Waals surface area contributed by atoms with Crippen molar-refractivity contribution >= 4 is 5.91 Å². The lowest BCUT2D eigenvalue weighted by atomic mass is 10.2. The molecule has 2 atom stereocenters. The number of carbonyl (C=O) groups is 1. The molecule has 3 aliphatic rings. The molecule has 0 saturated carbocycles. The summed E-state index contributed by atoms with van der Waals surface area (Å²) in [4.78, 5) is 16.7. The highest BCUT2D eigenvalue weighted by Crippen LogP contribution is 2.14.